The molecule has 2 rings (SSSR count). The van der Waals surface area contributed by atoms with E-state index in [2.05, 4.69) is 52.9 Å². The zero-order valence-corrected chi connectivity index (χ0v) is 12.5. The average Bonchev–Trinajstić information content (AvgIpc) is 2.33. The first-order valence-corrected chi connectivity index (χ1v) is 6.64. The average molecular weight is 305 g/mol. The Morgan fingerprint density at radius 3 is 2.39 bits per heavy atom. The Bertz CT molecular complexity index is 579. The first-order valence-electron chi connectivity index (χ1n) is 5.85. The monoisotopic (exact) mass is 304 g/mol. The molecule has 0 unspecified atom stereocenters. The SMILES string of the molecule is Cc1cc(N)c(N(C)c2cccc(Br)c2)cc1C. The maximum Gasteiger partial charge on any atom is 0.0644 e. The lowest BCUT2D eigenvalue weighted by Gasteiger charge is -2.22. The Labute approximate surface area is 117 Å². The van der Waals surface area contributed by atoms with Gasteiger partial charge in [0.05, 0.1) is 11.4 Å². The molecule has 0 aromatic heterocycles. The van der Waals surface area contributed by atoms with Crippen molar-refractivity contribution in [2.75, 3.05) is 17.7 Å². The van der Waals surface area contributed by atoms with Crippen molar-refractivity contribution in [1.29, 1.82) is 0 Å². The third-order valence-corrected chi connectivity index (χ3v) is 3.69. The molecule has 0 radical (unpaired) electrons. The molecule has 94 valence electrons. The summed E-state index contributed by atoms with van der Waals surface area (Å²) in [5.41, 5.74) is 11.5. The molecule has 2 aromatic rings. The summed E-state index contributed by atoms with van der Waals surface area (Å²) in [6.07, 6.45) is 0. The highest BCUT2D eigenvalue weighted by atomic mass is 79.9. The van der Waals surface area contributed by atoms with E-state index >= 15 is 0 Å². The van der Waals surface area contributed by atoms with E-state index in [9.17, 15) is 0 Å². The Morgan fingerprint density at radius 1 is 1.06 bits per heavy atom. The summed E-state index contributed by atoms with van der Waals surface area (Å²) in [5.74, 6) is 0. The fourth-order valence-corrected chi connectivity index (χ4v) is 2.32. The normalized spacial score (nSPS) is 10.4. The molecule has 2 N–H and O–H groups in total. The highest BCUT2D eigenvalue weighted by Crippen LogP contribution is 2.32. The fourth-order valence-electron chi connectivity index (χ4n) is 1.94. The molecular formula is C15H17BrN2. The van der Waals surface area contributed by atoms with Gasteiger partial charge >= 0.3 is 0 Å². The summed E-state index contributed by atoms with van der Waals surface area (Å²) in [4.78, 5) is 2.10. The van der Waals surface area contributed by atoms with Crippen LogP contribution >= 0.6 is 15.9 Å². The number of halogens is 1. The molecule has 0 atom stereocenters. The van der Waals surface area contributed by atoms with Gasteiger partial charge in [-0.2, -0.15) is 0 Å². The van der Waals surface area contributed by atoms with E-state index in [0.29, 0.717) is 0 Å². The quantitative estimate of drug-likeness (QED) is 0.832. The molecule has 0 fully saturated rings. The van der Waals surface area contributed by atoms with Crippen LogP contribution in [0.15, 0.2) is 40.9 Å². The lowest BCUT2D eigenvalue weighted by Crippen LogP contribution is -2.12. The van der Waals surface area contributed by atoms with Crippen molar-refractivity contribution >= 4 is 33.0 Å². The number of hydrogen-bond donors (Lipinski definition) is 1. The molecule has 2 aromatic carbocycles. The second-order valence-electron chi connectivity index (χ2n) is 4.53. The molecule has 0 aliphatic heterocycles. The Kier molecular flexibility index (Phi) is 3.62. The van der Waals surface area contributed by atoms with Crippen LogP contribution in [0.3, 0.4) is 0 Å². The summed E-state index contributed by atoms with van der Waals surface area (Å²) < 4.78 is 1.06. The molecule has 0 amide bonds. The van der Waals surface area contributed by atoms with Crippen LogP contribution < -0.4 is 10.6 Å². The summed E-state index contributed by atoms with van der Waals surface area (Å²) >= 11 is 3.49. The number of nitrogen functional groups attached to an aromatic ring is 1. The zero-order valence-electron chi connectivity index (χ0n) is 10.9. The zero-order chi connectivity index (χ0) is 13.3. The molecule has 3 heteroatoms. The minimum Gasteiger partial charge on any atom is -0.397 e. The number of rotatable bonds is 2. The molecule has 0 aliphatic carbocycles. The van der Waals surface area contributed by atoms with E-state index in [1.165, 1.54) is 11.1 Å². The molecule has 0 saturated heterocycles. The van der Waals surface area contributed by atoms with Crippen molar-refractivity contribution < 1.29 is 0 Å². The van der Waals surface area contributed by atoms with E-state index in [-0.39, 0.29) is 0 Å². The van der Waals surface area contributed by atoms with Gasteiger partial charge in [0.25, 0.3) is 0 Å². The van der Waals surface area contributed by atoms with Crippen LogP contribution in [0.25, 0.3) is 0 Å². The largest absolute Gasteiger partial charge is 0.397 e. The fraction of sp³-hybridized carbons (Fsp3) is 0.200. The lowest BCUT2D eigenvalue weighted by molar-refractivity contribution is 1.19. The number of hydrogen-bond acceptors (Lipinski definition) is 2. The standard InChI is InChI=1S/C15H17BrN2/c1-10-7-14(17)15(8-11(10)2)18(3)13-6-4-5-12(16)9-13/h4-9H,17H2,1-3H3. The van der Waals surface area contributed by atoms with Gasteiger partial charge in [-0.05, 0) is 55.3 Å². The van der Waals surface area contributed by atoms with Crippen LogP contribution in [0.5, 0.6) is 0 Å². The highest BCUT2D eigenvalue weighted by Gasteiger charge is 2.09. The molecule has 2 nitrogen and oxygen atoms in total. The summed E-state index contributed by atoms with van der Waals surface area (Å²) in [7, 11) is 2.03. The number of benzene rings is 2. The van der Waals surface area contributed by atoms with Gasteiger partial charge in [-0.1, -0.05) is 22.0 Å². The molecule has 0 spiro atoms. The maximum atomic E-state index is 6.11. The minimum atomic E-state index is 0.806. The molecule has 0 aliphatic rings. The number of anilines is 3. The van der Waals surface area contributed by atoms with Crippen molar-refractivity contribution in [3.05, 3.63) is 52.0 Å². The van der Waals surface area contributed by atoms with Crippen molar-refractivity contribution in [3.63, 3.8) is 0 Å². The van der Waals surface area contributed by atoms with E-state index < -0.39 is 0 Å². The van der Waals surface area contributed by atoms with Gasteiger partial charge in [0.15, 0.2) is 0 Å². The maximum absolute atomic E-state index is 6.11. The third-order valence-electron chi connectivity index (χ3n) is 3.20. The number of nitrogens with two attached hydrogens (primary N) is 1. The topological polar surface area (TPSA) is 29.3 Å². The second-order valence-corrected chi connectivity index (χ2v) is 5.45. The van der Waals surface area contributed by atoms with Gasteiger partial charge in [-0.3, -0.25) is 0 Å². The van der Waals surface area contributed by atoms with Gasteiger partial charge in [-0.25, -0.2) is 0 Å². The van der Waals surface area contributed by atoms with E-state index in [1.54, 1.807) is 0 Å². The Balaban J connectivity index is 2.46. The Hall–Kier alpha value is -1.48. The molecule has 0 heterocycles. The van der Waals surface area contributed by atoms with Gasteiger partial charge in [-0.15, -0.1) is 0 Å². The molecule has 18 heavy (non-hydrogen) atoms. The molecule has 0 saturated carbocycles. The van der Waals surface area contributed by atoms with Gasteiger partial charge in [0.2, 0.25) is 0 Å². The highest BCUT2D eigenvalue weighted by molar-refractivity contribution is 9.10. The van der Waals surface area contributed by atoms with Crippen LogP contribution in [0.1, 0.15) is 11.1 Å². The van der Waals surface area contributed by atoms with E-state index in [4.69, 9.17) is 5.73 Å². The van der Waals surface area contributed by atoms with Crippen LogP contribution in [-0.4, -0.2) is 7.05 Å². The predicted molar refractivity (Wildman–Crippen MR) is 82.5 cm³/mol. The van der Waals surface area contributed by atoms with Crippen LogP contribution in [0.4, 0.5) is 17.1 Å². The molecule has 0 bridgehead atoms. The Morgan fingerprint density at radius 2 is 1.72 bits per heavy atom. The van der Waals surface area contributed by atoms with Crippen molar-refractivity contribution in [3.8, 4) is 0 Å². The van der Waals surface area contributed by atoms with Crippen molar-refractivity contribution in [1.82, 2.24) is 0 Å². The van der Waals surface area contributed by atoms with Crippen molar-refractivity contribution in [2.24, 2.45) is 0 Å². The van der Waals surface area contributed by atoms with Crippen LogP contribution in [0.2, 0.25) is 0 Å². The van der Waals surface area contributed by atoms with E-state index in [0.717, 1.165) is 21.5 Å². The predicted octanol–water partition coefficient (Wildman–Crippen LogP) is 4.42. The number of nitrogens with zero attached hydrogens (tertiary/aromatic N) is 1. The first-order chi connectivity index (χ1) is 8.49. The molecular weight excluding hydrogens is 288 g/mol. The van der Waals surface area contributed by atoms with Gasteiger partial charge in [0, 0.05) is 17.2 Å². The van der Waals surface area contributed by atoms with Crippen molar-refractivity contribution in [2.45, 2.75) is 13.8 Å². The lowest BCUT2D eigenvalue weighted by atomic mass is 10.1. The van der Waals surface area contributed by atoms with Crippen LogP contribution in [0, 0.1) is 13.8 Å². The summed E-state index contributed by atoms with van der Waals surface area (Å²) in [6, 6.07) is 12.3. The van der Waals surface area contributed by atoms with Crippen LogP contribution in [-0.2, 0) is 0 Å². The van der Waals surface area contributed by atoms with E-state index in [1.807, 2.05) is 25.2 Å². The number of aryl methyl sites for hydroxylation is 2. The minimum absolute atomic E-state index is 0.806. The third kappa shape index (κ3) is 2.51. The van der Waals surface area contributed by atoms with Gasteiger partial charge < -0.3 is 10.6 Å². The first kappa shape index (κ1) is 13.0. The smallest absolute Gasteiger partial charge is 0.0644 e. The second kappa shape index (κ2) is 5.02. The summed E-state index contributed by atoms with van der Waals surface area (Å²) in [6.45, 7) is 4.18. The van der Waals surface area contributed by atoms with Gasteiger partial charge in [0.1, 0.15) is 0 Å². The summed E-state index contributed by atoms with van der Waals surface area (Å²) in [5, 5.41) is 0.